The average Bonchev–Trinajstić information content (AvgIpc) is 2.71. The molecule has 0 aliphatic rings. The van der Waals surface area contributed by atoms with Crippen LogP contribution in [-0.2, 0) is 9.53 Å². The molecule has 0 aliphatic carbocycles. The number of esters is 1. The molecular formula is C12H18BrNO2S. The van der Waals surface area contributed by atoms with Crippen molar-refractivity contribution in [1.82, 2.24) is 0 Å². The number of rotatable bonds is 7. The lowest BCUT2D eigenvalue weighted by Gasteiger charge is -2.08. The van der Waals surface area contributed by atoms with Gasteiger partial charge in [0.25, 0.3) is 0 Å². The molecule has 0 radical (unpaired) electrons. The number of hydrogen-bond donors (Lipinski definition) is 1. The van der Waals surface area contributed by atoms with Crippen LogP contribution in [0.4, 0.5) is 0 Å². The van der Waals surface area contributed by atoms with Gasteiger partial charge in [-0.1, -0.05) is 6.42 Å². The molecule has 0 bridgehead atoms. The molecule has 0 saturated carbocycles. The van der Waals surface area contributed by atoms with Crippen LogP contribution < -0.4 is 5.73 Å². The van der Waals surface area contributed by atoms with Crippen LogP contribution >= 0.6 is 27.3 Å². The maximum Gasteiger partial charge on any atom is 0.305 e. The smallest absolute Gasteiger partial charge is 0.305 e. The van der Waals surface area contributed by atoms with Crippen LogP contribution in [0.2, 0.25) is 0 Å². The Hall–Kier alpha value is -0.390. The van der Waals surface area contributed by atoms with Crippen LogP contribution in [0.1, 0.15) is 43.5 Å². The van der Waals surface area contributed by atoms with E-state index in [-0.39, 0.29) is 12.0 Å². The Morgan fingerprint density at radius 3 is 2.88 bits per heavy atom. The van der Waals surface area contributed by atoms with Crippen molar-refractivity contribution in [3.8, 4) is 0 Å². The van der Waals surface area contributed by atoms with Gasteiger partial charge in [0.15, 0.2) is 0 Å². The molecule has 0 fully saturated rings. The summed E-state index contributed by atoms with van der Waals surface area (Å²) in [6.07, 6.45) is 3.20. The van der Waals surface area contributed by atoms with E-state index in [0.29, 0.717) is 13.0 Å². The molecule has 1 unspecified atom stereocenters. The van der Waals surface area contributed by atoms with Crippen molar-refractivity contribution in [2.45, 2.75) is 38.6 Å². The molecule has 1 aromatic rings. The van der Waals surface area contributed by atoms with E-state index in [9.17, 15) is 4.79 Å². The van der Waals surface area contributed by atoms with E-state index in [1.54, 1.807) is 11.3 Å². The molecule has 96 valence electrons. The molecular weight excluding hydrogens is 302 g/mol. The zero-order valence-corrected chi connectivity index (χ0v) is 12.4. The van der Waals surface area contributed by atoms with E-state index in [1.807, 2.05) is 19.1 Å². The summed E-state index contributed by atoms with van der Waals surface area (Å²) in [6.45, 7) is 2.28. The zero-order valence-electron chi connectivity index (χ0n) is 9.95. The number of ether oxygens (including phenoxy) is 1. The van der Waals surface area contributed by atoms with Crippen LogP contribution in [0.3, 0.4) is 0 Å². The molecule has 2 N–H and O–H groups in total. The third kappa shape index (κ3) is 5.66. The van der Waals surface area contributed by atoms with E-state index in [4.69, 9.17) is 10.5 Å². The first-order valence-corrected chi connectivity index (χ1v) is 7.41. The standard InChI is InChI=1S/C12H18BrNO2S/c1-2-16-12(15)6-4-3-5-9(14)10-7-8-11(13)17-10/h7-9H,2-6,14H2,1H3. The normalized spacial score (nSPS) is 12.4. The summed E-state index contributed by atoms with van der Waals surface area (Å²) in [5.41, 5.74) is 6.06. The van der Waals surface area contributed by atoms with Crippen molar-refractivity contribution >= 4 is 33.2 Å². The Bertz CT molecular complexity index is 354. The van der Waals surface area contributed by atoms with E-state index in [2.05, 4.69) is 15.9 Å². The van der Waals surface area contributed by atoms with Crippen molar-refractivity contribution < 1.29 is 9.53 Å². The van der Waals surface area contributed by atoms with E-state index in [1.165, 1.54) is 4.88 Å². The predicted molar refractivity (Wildman–Crippen MR) is 74.0 cm³/mol. The molecule has 0 amide bonds. The maximum atomic E-state index is 11.1. The van der Waals surface area contributed by atoms with Gasteiger partial charge in [-0.2, -0.15) is 0 Å². The highest BCUT2D eigenvalue weighted by atomic mass is 79.9. The first kappa shape index (κ1) is 14.7. The fraction of sp³-hybridized carbons (Fsp3) is 0.583. The molecule has 0 aromatic carbocycles. The van der Waals surface area contributed by atoms with Gasteiger partial charge >= 0.3 is 5.97 Å². The van der Waals surface area contributed by atoms with Crippen LogP contribution in [0.5, 0.6) is 0 Å². The quantitative estimate of drug-likeness (QED) is 0.616. The largest absolute Gasteiger partial charge is 0.466 e. The van der Waals surface area contributed by atoms with Crippen molar-refractivity contribution in [3.05, 3.63) is 20.8 Å². The Morgan fingerprint density at radius 2 is 2.29 bits per heavy atom. The predicted octanol–water partition coefficient (Wildman–Crippen LogP) is 3.63. The number of carbonyl (C=O) groups is 1. The molecule has 1 aromatic heterocycles. The second-order valence-electron chi connectivity index (χ2n) is 3.80. The Morgan fingerprint density at radius 1 is 1.53 bits per heavy atom. The summed E-state index contributed by atoms with van der Waals surface area (Å²) < 4.78 is 5.97. The van der Waals surface area contributed by atoms with Crippen LogP contribution in [-0.4, -0.2) is 12.6 Å². The molecule has 17 heavy (non-hydrogen) atoms. The summed E-state index contributed by atoms with van der Waals surface area (Å²) >= 11 is 5.09. The highest BCUT2D eigenvalue weighted by molar-refractivity contribution is 9.11. The van der Waals surface area contributed by atoms with Gasteiger partial charge in [0, 0.05) is 17.3 Å². The van der Waals surface area contributed by atoms with E-state index < -0.39 is 0 Å². The monoisotopic (exact) mass is 319 g/mol. The number of nitrogens with two attached hydrogens (primary N) is 1. The summed E-state index contributed by atoms with van der Waals surface area (Å²) in [6, 6.07) is 4.14. The van der Waals surface area contributed by atoms with Gasteiger partial charge in [0.05, 0.1) is 10.4 Å². The lowest BCUT2D eigenvalue weighted by molar-refractivity contribution is -0.143. The van der Waals surface area contributed by atoms with Gasteiger partial charge in [0.1, 0.15) is 0 Å². The molecule has 1 rings (SSSR count). The van der Waals surface area contributed by atoms with Crippen molar-refractivity contribution in [2.75, 3.05) is 6.61 Å². The second kappa shape index (κ2) is 7.84. The first-order valence-electron chi connectivity index (χ1n) is 5.80. The van der Waals surface area contributed by atoms with Crippen molar-refractivity contribution in [2.24, 2.45) is 5.73 Å². The first-order chi connectivity index (χ1) is 8.13. The number of thiophene rings is 1. The Balaban J connectivity index is 2.16. The fourth-order valence-corrected chi connectivity index (χ4v) is 3.00. The summed E-state index contributed by atoms with van der Waals surface area (Å²) in [4.78, 5) is 12.3. The number of unbranched alkanes of at least 4 members (excludes halogenated alkanes) is 1. The molecule has 5 heteroatoms. The zero-order chi connectivity index (χ0) is 12.7. The SMILES string of the molecule is CCOC(=O)CCCCC(N)c1ccc(Br)s1. The summed E-state index contributed by atoms with van der Waals surface area (Å²) in [5.74, 6) is -0.111. The van der Waals surface area contributed by atoms with Gasteiger partial charge in [-0.25, -0.2) is 0 Å². The lowest BCUT2D eigenvalue weighted by atomic mass is 10.1. The highest BCUT2D eigenvalue weighted by Crippen LogP contribution is 2.28. The second-order valence-corrected chi connectivity index (χ2v) is 6.29. The molecule has 0 spiro atoms. The molecule has 1 atom stereocenters. The molecule has 3 nitrogen and oxygen atoms in total. The van der Waals surface area contributed by atoms with Crippen molar-refractivity contribution in [3.63, 3.8) is 0 Å². The third-order valence-electron chi connectivity index (χ3n) is 2.41. The number of hydrogen-bond acceptors (Lipinski definition) is 4. The average molecular weight is 320 g/mol. The van der Waals surface area contributed by atoms with E-state index >= 15 is 0 Å². The molecule has 1 heterocycles. The topological polar surface area (TPSA) is 52.3 Å². The molecule has 0 aliphatic heterocycles. The third-order valence-corrected chi connectivity index (χ3v) is 4.17. The minimum atomic E-state index is -0.111. The summed E-state index contributed by atoms with van der Waals surface area (Å²) in [7, 11) is 0. The van der Waals surface area contributed by atoms with Gasteiger partial charge < -0.3 is 10.5 Å². The summed E-state index contributed by atoms with van der Waals surface area (Å²) in [5, 5.41) is 0. The number of halogens is 1. The van der Waals surface area contributed by atoms with Crippen LogP contribution in [0, 0.1) is 0 Å². The van der Waals surface area contributed by atoms with E-state index in [0.717, 1.165) is 23.0 Å². The van der Waals surface area contributed by atoms with Gasteiger partial charge in [-0.15, -0.1) is 11.3 Å². The highest BCUT2D eigenvalue weighted by Gasteiger charge is 2.09. The van der Waals surface area contributed by atoms with Gasteiger partial charge in [0.2, 0.25) is 0 Å². The molecule has 0 saturated heterocycles. The number of carbonyl (C=O) groups excluding carboxylic acids is 1. The minimum Gasteiger partial charge on any atom is -0.466 e. The van der Waals surface area contributed by atoms with Gasteiger partial charge in [-0.05, 0) is 47.8 Å². The van der Waals surface area contributed by atoms with Crippen LogP contribution in [0.15, 0.2) is 15.9 Å². The lowest BCUT2D eigenvalue weighted by Crippen LogP contribution is -2.09. The minimum absolute atomic E-state index is 0.0773. The fourth-order valence-electron chi connectivity index (χ4n) is 1.54. The Labute approximate surface area is 114 Å². The van der Waals surface area contributed by atoms with Gasteiger partial charge in [-0.3, -0.25) is 4.79 Å². The van der Waals surface area contributed by atoms with Crippen molar-refractivity contribution in [1.29, 1.82) is 0 Å². The van der Waals surface area contributed by atoms with Crippen LogP contribution in [0.25, 0.3) is 0 Å². The Kier molecular flexibility index (Phi) is 6.77. The maximum absolute atomic E-state index is 11.1.